The van der Waals surface area contributed by atoms with E-state index in [1.54, 1.807) is 0 Å². The van der Waals surface area contributed by atoms with E-state index in [-0.39, 0.29) is 23.8 Å². The number of nitrogens with zero attached hydrogens (tertiary/aromatic N) is 2. The maximum atomic E-state index is 13.0. The Hall–Kier alpha value is -1.66. The number of hydrogen-bond acceptors (Lipinski definition) is 4. The fourth-order valence-corrected chi connectivity index (χ4v) is 3.35. The SMILES string of the molecule is CC(C(=O)NC1CCOCC1)N1CCN(c2ccc(F)cc2)CC1. The highest BCUT2D eigenvalue weighted by molar-refractivity contribution is 5.81. The number of piperazine rings is 1. The molecule has 0 aliphatic carbocycles. The van der Waals surface area contributed by atoms with Crippen molar-refractivity contribution in [1.82, 2.24) is 10.2 Å². The van der Waals surface area contributed by atoms with Crippen molar-refractivity contribution in [1.29, 1.82) is 0 Å². The van der Waals surface area contributed by atoms with E-state index < -0.39 is 0 Å². The minimum absolute atomic E-state index is 0.108. The minimum atomic E-state index is -0.212. The maximum absolute atomic E-state index is 13.0. The van der Waals surface area contributed by atoms with Crippen molar-refractivity contribution in [2.75, 3.05) is 44.3 Å². The summed E-state index contributed by atoms with van der Waals surface area (Å²) in [5.41, 5.74) is 1.04. The minimum Gasteiger partial charge on any atom is -0.381 e. The first-order chi connectivity index (χ1) is 11.6. The molecule has 1 amide bonds. The summed E-state index contributed by atoms with van der Waals surface area (Å²) < 4.78 is 18.4. The number of ether oxygens (including phenoxy) is 1. The molecule has 1 unspecified atom stereocenters. The second-order valence-corrected chi connectivity index (χ2v) is 6.57. The van der Waals surface area contributed by atoms with E-state index in [1.807, 2.05) is 19.1 Å². The van der Waals surface area contributed by atoms with Gasteiger partial charge in [-0.05, 0) is 44.0 Å². The molecule has 0 saturated carbocycles. The summed E-state index contributed by atoms with van der Waals surface area (Å²) in [6.07, 6.45) is 1.80. The van der Waals surface area contributed by atoms with Crippen molar-refractivity contribution < 1.29 is 13.9 Å². The smallest absolute Gasteiger partial charge is 0.237 e. The molecule has 2 fully saturated rings. The van der Waals surface area contributed by atoms with Crippen molar-refractivity contribution in [3.63, 3.8) is 0 Å². The molecule has 0 aromatic heterocycles. The van der Waals surface area contributed by atoms with Gasteiger partial charge in [0.15, 0.2) is 0 Å². The molecule has 5 nitrogen and oxygen atoms in total. The van der Waals surface area contributed by atoms with Gasteiger partial charge < -0.3 is 15.0 Å². The molecule has 0 bridgehead atoms. The van der Waals surface area contributed by atoms with Gasteiger partial charge in [-0.3, -0.25) is 9.69 Å². The number of benzene rings is 1. The van der Waals surface area contributed by atoms with Crippen LogP contribution >= 0.6 is 0 Å². The molecule has 6 heteroatoms. The second kappa shape index (κ2) is 7.94. The molecule has 24 heavy (non-hydrogen) atoms. The fraction of sp³-hybridized carbons (Fsp3) is 0.611. The van der Waals surface area contributed by atoms with Crippen molar-refractivity contribution in [2.24, 2.45) is 0 Å². The zero-order valence-corrected chi connectivity index (χ0v) is 14.2. The Morgan fingerprint density at radius 1 is 1.17 bits per heavy atom. The highest BCUT2D eigenvalue weighted by atomic mass is 19.1. The number of halogens is 1. The van der Waals surface area contributed by atoms with Crippen LogP contribution in [-0.2, 0) is 9.53 Å². The molecule has 3 rings (SSSR count). The molecule has 132 valence electrons. The molecule has 0 radical (unpaired) electrons. The molecular formula is C18H26FN3O2. The van der Waals surface area contributed by atoms with Crippen LogP contribution in [-0.4, -0.2) is 62.3 Å². The van der Waals surface area contributed by atoms with Crippen LogP contribution in [0.5, 0.6) is 0 Å². The molecule has 0 spiro atoms. The summed E-state index contributed by atoms with van der Waals surface area (Å²) in [5, 5.41) is 3.15. The van der Waals surface area contributed by atoms with Crippen molar-refractivity contribution in [3.05, 3.63) is 30.1 Å². The number of nitrogens with one attached hydrogen (secondary N) is 1. The van der Waals surface area contributed by atoms with Gasteiger partial charge in [0.05, 0.1) is 6.04 Å². The van der Waals surface area contributed by atoms with Gasteiger partial charge in [0.25, 0.3) is 0 Å². The van der Waals surface area contributed by atoms with Crippen molar-refractivity contribution in [3.8, 4) is 0 Å². The lowest BCUT2D eigenvalue weighted by Gasteiger charge is -2.39. The predicted octanol–water partition coefficient (Wildman–Crippen LogP) is 1.63. The summed E-state index contributed by atoms with van der Waals surface area (Å²) in [5.74, 6) is -0.104. The number of amides is 1. The van der Waals surface area contributed by atoms with Gasteiger partial charge in [0, 0.05) is 51.1 Å². The molecule has 2 aliphatic heterocycles. The Morgan fingerprint density at radius 3 is 2.42 bits per heavy atom. The molecular weight excluding hydrogens is 309 g/mol. The van der Waals surface area contributed by atoms with E-state index in [2.05, 4.69) is 15.1 Å². The monoisotopic (exact) mass is 335 g/mol. The summed E-state index contributed by atoms with van der Waals surface area (Å²) in [6, 6.07) is 6.73. The first-order valence-corrected chi connectivity index (χ1v) is 8.76. The van der Waals surface area contributed by atoms with E-state index in [1.165, 1.54) is 12.1 Å². The van der Waals surface area contributed by atoms with Gasteiger partial charge in [-0.25, -0.2) is 4.39 Å². The lowest BCUT2D eigenvalue weighted by atomic mass is 10.1. The van der Waals surface area contributed by atoms with Crippen LogP contribution in [0.3, 0.4) is 0 Å². The highest BCUT2D eigenvalue weighted by Gasteiger charge is 2.27. The first kappa shape index (κ1) is 17.2. The molecule has 1 aromatic rings. The van der Waals surface area contributed by atoms with Gasteiger partial charge in [0.2, 0.25) is 5.91 Å². The first-order valence-electron chi connectivity index (χ1n) is 8.76. The van der Waals surface area contributed by atoms with Crippen molar-refractivity contribution in [2.45, 2.75) is 31.8 Å². The van der Waals surface area contributed by atoms with Crippen LogP contribution in [0.15, 0.2) is 24.3 Å². The zero-order valence-electron chi connectivity index (χ0n) is 14.2. The van der Waals surface area contributed by atoms with E-state index in [0.29, 0.717) is 0 Å². The normalized spacial score (nSPS) is 21.5. The van der Waals surface area contributed by atoms with E-state index in [4.69, 9.17) is 4.74 Å². The highest BCUT2D eigenvalue weighted by Crippen LogP contribution is 2.18. The maximum Gasteiger partial charge on any atom is 0.237 e. The Labute approximate surface area is 142 Å². The molecule has 2 heterocycles. The Kier molecular flexibility index (Phi) is 5.68. The van der Waals surface area contributed by atoms with Crippen LogP contribution in [0.2, 0.25) is 0 Å². The second-order valence-electron chi connectivity index (χ2n) is 6.57. The zero-order chi connectivity index (χ0) is 16.9. The Morgan fingerprint density at radius 2 is 1.79 bits per heavy atom. The van der Waals surface area contributed by atoms with Crippen molar-refractivity contribution >= 4 is 11.6 Å². The van der Waals surface area contributed by atoms with E-state index >= 15 is 0 Å². The third-order valence-corrected chi connectivity index (χ3v) is 5.00. The average Bonchev–Trinajstić information content (AvgIpc) is 2.63. The van der Waals surface area contributed by atoms with Crippen LogP contribution < -0.4 is 10.2 Å². The molecule has 2 saturated heterocycles. The summed E-state index contributed by atoms with van der Waals surface area (Å²) in [7, 11) is 0. The predicted molar refractivity (Wildman–Crippen MR) is 91.6 cm³/mol. The van der Waals surface area contributed by atoms with Crippen LogP contribution in [0.25, 0.3) is 0 Å². The van der Waals surface area contributed by atoms with Gasteiger partial charge in [-0.15, -0.1) is 0 Å². The number of carbonyl (C=O) groups excluding carboxylic acids is 1. The van der Waals surface area contributed by atoms with Crippen LogP contribution in [0, 0.1) is 5.82 Å². The number of anilines is 1. The standard InChI is InChI=1S/C18H26FN3O2/c1-14(18(23)20-16-6-12-24-13-7-16)21-8-10-22(11-9-21)17-4-2-15(19)3-5-17/h2-5,14,16H,6-13H2,1H3,(H,20,23). The molecule has 1 aromatic carbocycles. The molecule has 1 N–H and O–H groups in total. The Bertz CT molecular complexity index is 538. The van der Waals surface area contributed by atoms with Gasteiger partial charge in [-0.1, -0.05) is 0 Å². The fourth-order valence-electron chi connectivity index (χ4n) is 3.35. The lowest BCUT2D eigenvalue weighted by molar-refractivity contribution is -0.127. The van der Waals surface area contributed by atoms with Gasteiger partial charge in [-0.2, -0.15) is 0 Å². The van der Waals surface area contributed by atoms with Gasteiger partial charge in [0.1, 0.15) is 5.82 Å². The largest absolute Gasteiger partial charge is 0.381 e. The Balaban J connectivity index is 1.48. The average molecular weight is 335 g/mol. The molecule has 1 atom stereocenters. The van der Waals surface area contributed by atoms with E-state index in [0.717, 1.165) is 57.9 Å². The summed E-state index contributed by atoms with van der Waals surface area (Å²) in [6.45, 7) is 6.80. The quantitative estimate of drug-likeness (QED) is 0.908. The summed E-state index contributed by atoms with van der Waals surface area (Å²) in [4.78, 5) is 16.9. The topological polar surface area (TPSA) is 44.8 Å². The summed E-state index contributed by atoms with van der Waals surface area (Å²) >= 11 is 0. The van der Waals surface area contributed by atoms with E-state index in [9.17, 15) is 9.18 Å². The molecule has 2 aliphatic rings. The third kappa shape index (κ3) is 4.24. The number of carbonyl (C=O) groups is 1. The number of hydrogen-bond donors (Lipinski definition) is 1. The van der Waals surface area contributed by atoms with Gasteiger partial charge >= 0.3 is 0 Å². The van der Waals surface area contributed by atoms with Crippen LogP contribution in [0.4, 0.5) is 10.1 Å². The number of rotatable bonds is 4. The third-order valence-electron chi connectivity index (χ3n) is 5.00. The lowest BCUT2D eigenvalue weighted by Crippen LogP contribution is -2.55. The van der Waals surface area contributed by atoms with Crippen LogP contribution in [0.1, 0.15) is 19.8 Å².